The fraction of sp³-hybridized carbons (Fsp3) is 0.238. The fourth-order valence-corrected chi connectivity index (χ4v) is 2.99. The first-order valence-electron chi connectivity index (χ1n) is 8.75. The number of anilines is 1. The van der Waals surface area contributed by atoms with Crippen molar-refractivity contribution in [2.45, 2.75) is 13.3 Å². The zero-order chi connectivity index (χ0) is 19.4. The number of nitrogens with zero attached hydrogens (tertiary/aromatic N) is 1. The highest BCUT2D eigenvalue weighted by Gasteiger charge is 2.38. The number of ether oxygens (including phenoxy) is 2. The van der Waals surface area contributed by atoms with Gasteiger partial charge in [0.1, 0.15) is 17.2 Å². The molecule has 0 radical (unpaired) electrons. The molecule has 1 heterocycles. The molecule has 0 fully saturated rings. The van der Waals surface area contributed by atoms with E-state index in [4.69, 9.17) is 9.47 Å². The zero-order valence-electron chi connectivity index (χ0n) is 15.6. The summed E-state index contributed by atoms with van der Waals surface area (Å²) in [4.78, 5) is 27.1. The van der Waals surface area contributed by atoms with Crippen molar-refractivity contribution in [1.29, 1.82) is 0 Å². The molecule has 0 atom stereocenters. The molecule has 0 saturated carbocycles. The van der Waals surface area contributed by atoms with Gasteiger partial charge in [-0.3, -0.25) is 14.5 Å². The van der Waals surface area contributed by atoms with Crippen LogP contribution in [0.15, 0.2) is 54.2 Å². The summed E-state index contributed by atoms with van der Waals surface area (Å²) in [5, 5.41) is 3.12. The molecule has 140 valence electrons. The van der Waals surface area contributed by atoms with Crippen LogP contribution < -0.4 is 14.8 Å². The Labute approximate surface area is 158 Å². The van der Waals surface area contributed by atoms with Gasteiger partial charge in [-0.2, -0.15) is 0 Å². The third kappa shape index (κ3) is 3.65. The van der Waals surface area contributed by atoms with Gasteiger partial charge in [0.25, 0.3) is 11.8 Å². The molecule has 0 aliphatic carbocycles. The Balaban J connectivity index is 2.04. The summed E-state index contributed by atoms with van der Waals surface area (Å²) in [6, 6.07) is 14.3. The molecule has 1 aliphatic heterocycles. The van der Waals surface area contributed by atoms with Gasteiger partial charge in [0.15, 0.2) is 0 Å². The first-order chi connectivity index (χ1) is 13.1. The van der Waals surface area contributed by atoms with Crippen LogP contribution in [0, 0.1) is 0 Å². The Bertz CT molecular complexity index is 887. The minimum absolute atomic E-state index is 0.270. The summed E-state index contributed by atoms with van der Waals surface area (Å²) in [7, 11) is 3.16. The Morgan fingerprint density at radius 2 is 1.63 bits per heavy atom. The van der Waals surface area contributed by atoms with Crippen molar-refractivity contribution in [3.8, 4) is 11.5 Å². The number of hydrogen-bond donors (Lipinski definition) is 1. The number of methoxy groups -OCH3 is 2. The molecule has 2 aromatic rings. The van der Waals surface area contributed by atoms with Crippen molar-refractivity contribution in [1.82, 2.24) is 4.90 Å². The van der Waals surface area contributed by atoms with Crippen LogP contribution in [0.3, 0.4) is 0 Å². The molecule has 6 nitrogen and oxygen atoms in total. The van der Waals surface area contributed by atoms with Crippen LogP contribution in [-0.4, -0.2) is 37.5 Å². The molecule has 0 saturated heterocycles. The van der Waals surface area contributed by atoms with Crippen LogP contribution in [-0.2, 0) is 9.59 Å². The van der Waals surface area contributed by atoms with Gasteiger partial charge in [-0.1, -0.05) is 25.1 Å². The van der Waals surface area contributed by atoms with Gasteiger partial charge in [0.05, 0.1) is 19.8 Å². The normalized spacial score (nSPS) is 14.0. The third-order valence-electron chi connectivity index (χ3n) is 4.33. The average molecular weight is 366 g/mol. The van der Waals surface area contributed by atoms with Crippen LogP contribution in [0.1, 0.15) is 18.9 Å². The Morgan fingerprint density at radius 3 is 2.26 bits per heavy atom. The summed E-state index contributed by atoms with van der Waals surface area (Å²) >= 11 is 0. The molecule has 6 heteroatoms. The maximum Gasteiger partial charge on any atom is 0.278 e. The predicted octanol–water partition coefficient (Wildman–Crippen LogP) is 3.31. The number of rotatable bonds is 7. The highest BCUT2D eigenvalue weighted by Crippen LogP contribution is 2.32. The number of carbonyl (C=O) groups excluding carboxylic acids is 2. The number of benzene rings is 2. The molecule has 2 aromatic carbocycles. The Morgan fingerprint density at radius 1 is 0.926 bits per heavy atom. The number of carbonyl (C=O) groups is 2. The van der Waals surface area contributed by atoms with Gasteiger partial charge >= 0.3 is 0 Å². The van der Waals surface area contributed by atoms with E-state index in [1.54, 1.807) is 44.6 Å². The van der Waals surface area contributed by atoms with Gasteiger partial charge in [0, 0.05) is 18.3 Å². The summed E-state index contributed by atoms with van der Waals surface area (Å²) in [6.45, 7) is 2.31. The SMILES string of the molecule is CCCN1C(=O)C(Nc2cccc(OC)c2)=C(c2ccc(OC)cc2)C1=O. The third-order valence-corrected chi connectivity index (χ3v) is 4.33. The van der Waals surface area contributed by atoms with E-state index in [1.165, 1.54) is 4.90 Å². The van der Waals surface area contributed by atoms with Gasteiger partial charge in [-0.05, 0) is 36.2 Å². The van der Waals surface area contributed by atoms with E-state index in [1.807, 2.05) is 25.1 Å². The lowest BCUT2D eigenvalue weighted by Crippen LogP contribution is -2.33. The first-order valence-corrected chi connectivity index (χ1v) is 8.75. The molecule has 1 N–H and O–H groups in total. The molecule has 27 heavy (non-hydrogen) atoms. The van der Waals surface area contributed by atoms with E-state index in [-0.39, 0.29) is 17.5 Å². The van der Waals surface area contributed by atoms with Crippen LogP contribution in [0.2, 0.25) is 0 Å². The van der Waals surface area contributed by atoms with E-state index in [2.05, 4.69) is 5.32 Å². The quantitative estimate of drug-likeness (QED) is 0.762. The van der Waals surface area contributed by atoms with Crippen molar-refractivity contribution >= 4 is 23.1 Å². The summed E-state index contributed by atoms with van der Waals surface area (Å²) < 4.78 is 10.4. The van der Waals surface area contributed by atoms with Crippen molar-refractivity contribution in [2.24, 2.45) is 0 Å². The number of hydrogen-bond acceptors (Lipinski definition) is 5. The number of imide groups is 1. The molecule has 3 rings (SSSR count). The summed E-state index contributed by atoms with van der Waals surface area (Å²) in [5.41, 5.74) is 1.97. The second kappa shape index (κ2) is 7.95. The van der Waals surface area contributed by atoms with E-state index in [0.29, 0.717) is 41.3 Å². The highest BCUT2D eigenvalue weighted by molar-refractivity contribution is 6.36. The number of nitrogens with one attached hydrogen (secondary N) is 1. The van der Waals surface area contributed by atoms with Crippen molar-refractivity contribution in [3.05, 3.63) is 59.8 Å². The molecule has 2 amide bonds. The monoisotopic (exact) mass is 366 g/mol. The fourth-order valence-electron chi connectivity index (χ4n) is 2.99. The standard InChI is InChI=1S/C21H22N2O4/c1-4-12-23-20(24)18(14-8-10-16(26-2)11-9-14)19(21(23)25)22-15-6-5-7-17(13-15)27-3/h5-11,13,22H,4,12H2,1-3H3. The Hall–Kier alpha value is -3.28. The minimum Gasteiger partial charge on any atom is -0.497 e. The lowest BCUT2D eigenvalue weighted by atomic mass is 10.0. The van der Waals surface area contributed by atoms with Crippen LogP contribution >= 0.6 is 0 Å². The summed E-state index contributed by atoms with van der Waals surface area (Å²) in [5.74, 6) is 0.727. The van der Waals surface area contributed by atoms with Gasteiger partial charge in [0.2, 0.25) is 0 Å². The molecular weight excluding hydrogens is 344 g/mol. The molecule has 0 bridgehead atoms. The maximum atomic E-state index is 12.9. The lowest BCUT2D eigenvalue weighted by molar-refractivity contribution is -0.136. The molecule has 0 spiro atoms. The van der Waals surface area contributed by atoms with Gasteiger partial charge < -0.3 is 14.8 Å². The predicted molar refractivity (Wildman–Crippen MR) is 104 cm³/mol. The first kappa shape index (κ1) is 18.5. The van der Waals surface area contributed by atoms with Crippen LogP contribution in [0.25, 0.3) is 5.57 Å². The Kier molecular flexibility index (Phi) is 5.45. The summed E-state index contributed by atoms with van der Waals surface area (Å²) in [6.07, 6.45) is 0.694. The van der Waals surface area contributed by atoms with Crippen LogP contribution in [0.5, 0.6) is 11.5 Å². The topological polar surface area (TPSA) is 67.9 Å². The minimum atomic E-state index is -0.324. The molecule has 0 aromatic heterocycles. The zero-order valence-corrected chi connectivity index (χ0v) is 15.6. The van der Waals surface area contributed by atoms with Gasteiger partial charge in [-0.25, -0.2) is 0 Å². The van der Waals surface area contributed by atoms with Crippen molar-refractivity contribution in [3.63, 3.8) is 0 Å². The van der Waals surface area contributed by atoms with Crippen molar-refractivity contribution < 1.29 is 19.1 Å². The maximum absolute atomic E-state index is 12.9. The van der Waals surface area contributed by atoms with E-state index in [9.17, 15) is 9.59 Å². The van der Waals surface area contributed by atoms with E-state index >= 15 is 0 Å². The molecule has 0 unspecified atom stereocenters. The van der Waals surface area contributed by atoms with Crippen LogP contribution in [0.4, 0.5) is 5.69 Å². The van der Waals surface area contributed by atoms with Crippen molar-refractivity contribution in [2.75, 3.05) is 26.1 Å². The lowest BCUT2D eigenvalue weighted by Gasteiger charge is -2.14. The second-order valence-electron chi connectivity index (χ2n) is 6.10. The smallest absolute Gasteiger partial charge is 0.278 e. The molecular formula is C21H22N2O4. The van der Waals surface area contributed by atoms with Gasteiger partial charge in [-0.15, -0.1) is 0 Å². The van der Waals surface area contributed by atoms with E-state index < -0.39 is 0 Å². The average Bonchev–Trinajstić information content (AvgIpc) is 2.93. The second-order valence-corrected chi connectivity index (χ2v) is 6.10. The largest absolute Gasteiger partial charge is 0.497 e. The number of amides is 2. The highest BCUT2D eigenvalue weighted by atomic mass is 16.5. The van der Waals surface area contributed by atoms with E-state index in [0.717, 1.165) is 0 Å². The molecule has 1 aliphatic rings.